The van der Waals surface area contributed by atoms with E-state index in [1.165, 1.54) is 11.0 Å². The number of aryl methyl sites for hydroxylation is 1. The van der Waals surface area contributed by atoms with Crippen molar-refractivity contribution >= 4 is 44.7 Å². The molecule has 2 saturated heterocycles. The lowest BCUT2D eigenvalue weighted by Gasteiger charge is -2.38. The number of benzene rings is 1. The van der Waals surface area contributed by atoms with E-state index >= 15 is 4.79 Å². The number of nitrogens with zero attached hydrogens (tertiary/aromatic N) is 3. The summed E-state index contributed by atoms with van der Waals surface area (Å²) in [6.07, 6.45) is 9.32. The second kappa shape index (κ2) is 17.4. The lowest BCUT2D eigenvalue weighted by molar-refractivity contribution is -0.142. The molecular weight excluding hydrogens is 793 g/mol. The van der Waals surface area contributed by atoms with Crippen LogP contribution in [0.4, 0.5) is 4.79 Å². The van der Waals surface area contributed by atoms with Gasteiger partial charge in [0, 0.05) is 42.9 Å². The van der Waals surface area contributed by atoms with Crippen LogP contribution in [0.25, 0.3) is 10.9 Å². The largest absolute Gasteiger partial charge is 0.496 e. The third-order valence-electron chi connectivity index (χ3n) is 13.1. The number of fused-ring (bicyclic) bond motifs is 5. The summed E-state index contributed by atoms with van der Waals surface area (Å²) in [5, 5.41) is 6.09. The van der Waals surface area contributed by atoms with Gasteiger partial charge in [-0.05, 0) is 75.8 Å². The van der Waals surface area contributed by atoms with Gasteiger partial charge in [-0.3, -0.25) is 19.1 Å². The number of methoxy groups -OCH3 is 1. The minimum atomic E-state index is -3.91. The first kappa shape index (κ1) is 42.1. The molecule has 4 heterocycles. The summed E-state index contributed by atoms with van der Waals surface area (Å²) in [7, 11) is -2.29. The van der Waals surface area contributed by atoms with Gasteiger partial charge < -0.3 is 39.4 Å². The topological polar surface area (TPSA) is 195 Å². The monoisotopic (exact) mass is 850 g/mol. The minimum absolute atomic E-state index is 0.00653. The fourth-order valence-electron chi connectivity index (χ4n) is 9.54. The van der Waals surface area contributed by atoms with Crippen LogP contribution in [0.3, 0.4) is 0 Å². The molecule has 5 amide bonds. The number of carbonyl (C=O) groups is 4. The van der Waals surface area contributed by atoms with Crippen molar-refractivity contribution in [1.82, 2.24) is 30.1 Å². The second-order valence-corrected chi connectivity index (χ2v) is 19.2. The molecule has 3 saturated carbocycles. The molecule has 326 valence electrons. The van der Waals surface area contributed by atoms with Crippen LogP contribution in [0, 0.1) is 11.8 Å². The highest BCUT2D eigenvalue weighted by atomic mass is 32.2. The Bertz CT molecular complexity index is 2110. The van der Waals surface area contributed by atoms with Crippen LogP contribution < -0.4 is 29.6 Å². The number of aromatic nitrogens is 1. The van der Waals surface area contributed by atoms with Crippen LogP contribution in [-0.2, 0) is 35.6 Å². The molecule has 6 atom stereocenters. The third kappa shape index (κ3) is 8.74. The fourth-order valence-corrected chi connectivity index (χ4v) is 10.9. The van der Waals surface area contributed by atoms with Crippen molar-refractivity contribution in [3.63, 3.8) is 0 Å². The molecule has 16 nitrogen and oxygen atoms in total. The zero-order chi connectivity index (χ0) is 42.2. The number of nitrogens with one attached hydrogen (secondary N) is 3. The maximum Gasteiger partial charge on any atom is 0.318 e. The van der Waals surface area contributed by atoms with Gasteiger partial charge in [-0.25, -0.2) is 18.2 Å². The van der Waals surface area contributed by atoms with Gasteiger partial charge in [0.05, 0.1) is 43.7 Å². The van der Waals surface area contributed by atoms with Gasteiger partial charge in [-0.2, -0.15) is 0 Å². The van der Waals surface area contributed by atoms with E-state index in [0.717, 1.165) is 62.3 Å². The lowest BCUT2D eigenvalue weighted by atomic mass is 9.83. The first-order chi connectivity index (χ1) is 28.9. The molecular formula is C43H58N6O10S. The molecule has 17 heteroatoms. The Hall–Kier alpha value is -4.64. The van der Waals surface area contributed by atoms with Crippen LogP contribution in [0.2, 0.25) is 0 Å². The first-order valence-electron chi connectivity index (χ1n) is 21.7. The molecule has 1 aromatic heterocycles. The summed E-state index contributed by atoms with van der Waals surface area (Å²) >= 11 is 0. The Morgan fingerprint density at radius 2 is 1.83 bits per heavy atom. The summed E-state index contributed by atoms with van der Waals surface area (Å²) < 4.78 is 52.5. The predicted molar refractivity (Wildman–Crippen MR) is 221 cm³/mol. The van der Waals surface area contributed by atoms with Crippen molar-refractivity contribution in [2.45, 2.75) is 125 Å². The minimum Gasteiger partial charge on any atom is -0.496 e. The van der Waals surface area contributed by atoms with Crippen LogP contribution in [-0.4, -0.2) is 122 Å². The number of morpholine rings is 1. The van der Waals surface area contributed by atoms with Gasteiger partial charge in [0.25, 0.3) is 5.91 Å². The van der Waals surface area contributed by atoms with Crippen LogP contribution in [0.1, 0.15) is 89.5 Å². The van der Waals surface area contributed by atoms with E-state index in [0.29, 0.717) is 68.5 Å². The molecule has 0 spiro atoms. The smallest absolute Gasteiger partial charge is 0.318 e. The summed E-state index contributed by atoms with van der Waals surface area (Å²) in [6, 6.07) is 3.23. The van der Waals surface area contributed by atoms with E-state index in [-0.39, 0.29) is 37.4 Å². The fraction of sp³-hybridized carbons (Fsp3) is 0.651. The third-order valence-corrected chi connectivity index (χ3v) is 15.0. The normalized spacial score (nSPS) is 29.1. The quantitative estimate of drug-likeness (QED) is 0.295. The number of hydrogen-bond acceptors (Lipinski definition) is 11. The summed E-state index contributed by atoms with van der Waals surface area (Å²) in [4.78, 5) is 65.6. The highest BCUT2D eigenvalue weighted by Gasteiger charge is 2.62. The predicted octanol–water partition coefficient (Wildman–Crippen LogP) is 3.75. The van der Waals surface area contributed by atoms with E-state index in [4.69, 9.17) is 23.9 Å². The van der Waals surface area contributed by atoms with Gasteiger partial charge in [-0.1, -0.05) is 31.8 Å². The average Bonchev–Trinajstić information content (AvgIpc) is 4.18. The van der Waals surface area contributed by atoms with Gasteiger partial charge in [0.2, 0.25) is 27.7 Å². The molecule has 6 aliphatic rings. The molecule has 6 bridgehead atoms. The zero-order valence-electron chi connectivity index (χ0n) is 34.6. The van der Waals surface area contributed by atoms with Crippen molar-refractivity contribution in [1.29, 1.82) is 0 Å². The summed E-state index contributed by atoms with van der Waals surface area (Å²) in [5.41, 5.74) is 0.0113. The number of hydrogen-bond donors (Lipinski definition) is 3. The standard InChI is InChI=1S/C43H58N6O10S/c1-4-28-23-43(28,41(52)47-60(54,55)31-15-16-31)46-39(50)34-20-30-25-49(34)40(51)38(26-11-7-6-8-12-26)45-42(53)48-17-18-58-29(24-48)14-10-9-13-27-19-32-33(21-35(27)56-3)44-37(57-5-2)22-36(32)59-30/h4,19,21-22,26,28-31,34,38H,1,5-18,20,23-25H2,2-3H3,(H,45,53)(H,46,50)(H,47,52)/t28-,29-,30-,34+,38+,43-/m1/s1. The highest BCUT2D eigenvalue weighted by Crippen LogP contribution is 2.46. The first-order valence-corrected chi connectivity index (χ1v) is 23.3. The van der Waals surface area contributed by atoms with E-state index in [1.807, 2.05) is 19.1 Å². The molecule has 3 N–H and O–H groups in total. The van der Waals surface area contributed by atoms with E-state index in [2.05, 4.69) is 21.9 Å². The number of sulfonamides is 1. The molecule has 3 aliphatic heterocycles. The lowest BCUT2D eigenvalue weighted by Crippen LogP contribution is -2.61. The van der Waals surface area contributed by atoms with Crippen LogP contribution >= 0.6 is 0 Å². The highest BCUT2D eigenvalue weighted by molar-refractivity contribution is 7.91. The molecule has 0 radical (unpaired) electrons. The molecule has 5 fully saturated rings. The Morgan fingerprint density at radius 1 is 1.05 bits per heavy atom. The van der Waals surface area contributed by atoms with Gasteiger partial charge >= 0.3 is 6.03 Å². The SMILES string of the molecule is C=C[C@@H]1C[C@]1(NC(=O)[C@@H]1C[C@@H]2CN1C(=O)[C@H](C1CCCCC1)NC(=O)N1CCO[C@H](CCCCc3cc4c(cc(OCC)nc4cc3OC)O2)C1)C(=O)NS(=O)(=O)C1CC1. The van der Waals surface area contributed by atoms with Crippen molar-refractivity contribution in [3.8, 4) is 17.4 Å². The maximum atomic E-state index is 15.1. The van der Waals surface area contributed by atoms with Crippen molar-refractivity contribution < 1.29 is 46.5 Å². The number of carbonyl (C=O) groups excluding carboxylic acids is 4. The molecule has 2 aromatic rings. The van der Waals surface area contributed by atoms with Gasteiger partial charge in [-0.15, -0.1) is 6.58 Å². The number of amides is 5. The van der Waals surface area contributed by atoms with E-state index in [9.17, 15) is 22.8 Å². The van der Waals surface area contributed by atoms with Crippen LogP contribution in [0.15, 0.2) is 30.9 Å². The maximum absolute atomic E-state index is 15.1. The number of rotatable bonds is 10. The van der Waals surface area contributed by atoms with Crippen LogP contribution in [0.5, 0.6) is 17.4 Å². The second-order valence-electron chi connectivity index (χ2n) is 17.2. The number of ether oxygens (including phenoxy) is 4. The van der Waals surface area contributed by atoms with Crippen molar-refractivity contribution in [3.05, 3.63) is 36.4 Å². The van der Waals surface area contributed by atoms with Crippen molar-refractivity contribution in [2.24, 2.45) is 11.8 Å². The molecule has 0 unspecified atom stereocenters. The van der Waals surface area contributed by atoms with Gasteiger partial charge in [0.1, 0.15) is 35.2 Å². The Kier molecular flexibility index (Phi) is 12.2. The number of urea groups is 1. The van der Waals surface area contributed by atoms with Crippen molar-refractivity contribution in [2.75, 3.05) is 40.0 Å². The molecule has 3 aliphatic carbocycles. The Morgan fingerprint density at radius 3 is 2.55 bits per heavy atom. The summed E-state index contributed by atoms with van der Waals surface area (Å²) in [5.74, 6) is -1.03. The molecule has 60 heavy (non-hydrogen) atoms. The number of pyridine rings is 1. The molecule has 1 aromatic carbocycles. The van der Waals surface area contributed by atoms with E-state index < -0.39 is 62.6 Å². The molecule has 8 rings (SSSR count). The summed E-state index contributed by atoms with van der Waals surface area (Å²) in [6.45, 7) is 7.22. The Balaban J connectivity index is 1.17. The van der Waals surface area contributed by atoms with E-state index in [1.54, 1.807) is 18.1 Å². The van der Waals surface area contributed by atoms with Gasteiger partial charge in [0.15, 0.2) is 0 Å². The zero-order valence-corrected chi connectivity index (χ0v) is 35.4. The average molecular weight is 851 g/mol. The Labute approximate surface area is 351 Å².